The molecule has 2 aromatic rings. The van der Waals surface area contributed by atoms with Gasteiger partial charge in [0.15, 0.2) is 0 Å². The molecule has 0 atom stereocenters. The molecule has 0 saturated carbocycles. The Balaban J connectivity index is 2.34. The fraction of sp³-hybridized carbons (Fsp3) is 0.200. The number of halogens is 3. The Morgan fingerprint density at radius 1 is 1.15 bits per heavy atom. The molecule has 0 aliphatic carbocycles. The topological polar surface area (TPSA) is 30.0 Å². The molecule has 2 nitrogen and oxygen atoms in total. The quantitative estimate of drug-likeness (QED) is 0.798. The minimum absolute atomic E-state index is 0.200. The van der Waals surface area contributed by atoms with Gasteiger partial charge in [0.1, 0.15) is 5.69 Å². The smallest absolute Gasteiger partial charge is 0.287 e. The van der Waals surface area contributed by atoms with E-state index in [1.807, 2.05) is 6.92 Å². The Bertz CT molecular complexity index is 618. The molecule has 0 amide bonds. The first-order valence-electron chi connectivity index (χ1n) is 6.09. The van der Waals surface area contributed by atoms with Crippen molar-refractivity contribution in [1.29, 1.82) is 0 Å². The molecular formula is C15H12F3NO. The number of aromatic nitrogens is 1. The lowest BCUT2D eigenvalue weighted by Gasteiger charge is -2.08. The second-order valence-corrected chi connectivity index (χ2v) is 4.27. The van der Waals surface area contributed by atoms with Crippen LogP contribution in [-0.2, 0) is 12.6 Å². The number of alkyl halides is 3. The number of hydrogen-bond donors (Lipinski definition) is 0. The van der Waals surface area contributed by atoms with Crippen LogP contribution in [0.2, 0.25) is 0 Å². The van der Waals surface area contributed by atoms with Gasteiger partial charge in [0.05, 0.1) is 5.56 Å². The van der Waals surface area contributed by atoms with E-state index in [-0.39, 0.29) is 17.0 Å². The average molecular weight is 279 g/mol. The summed E-state index contributed by atoms with van der Waals surface area (Å²) in [6.07, 6.45) is -2.27. The van der Waals surface area contributed by atoms with Gasteiger partial charge in [0.25, 0.3) is 0 Å². The Hall–Kier alpha value is -2.17. The van der Waals surface area contributed by atoms with Gasteiger partial charge in [-0.15, -0.1) is 0 Å². The average Bonchev–Trinajstić information content (AvgIpc) is 2.45. The molecule has 1 aromatic heterocycles. The van der Waals surface area contributed by atoms with Crippen LogP contribution in [0.1, 0.15) is 34.1 Å². The van der Waals surface area contributed by atoms with Gasteiger partial charge >= 0.3 is 6.18 Å². The van der Waals surface area contributed by atoms with E-state index in [4.69, 9.17) is 0 Å². The van der Waals surface area contributed by atoms with Gasteiger partial charge in [-0.1, -0.05) is 25.1 Å². The van der Waals surface area contributed by atoms with E-state index in [1.165, 1.54) is 18.3 Å². The monoisotopic (exact) mass is 279 g/mol. The number of carbonyl (C=O) groups excluding carboxylic acids is 1. The molecule has 104 valence electrons. The SMILES string of the molecule is CCc1cccnc1C(=O)c1ccc(C(F)(F)F)cc1. The maximum atomic E-state index is 12.5. The summed E-state index contributed by atoms with van der Waals surface area (Å²) >= 11 is 0. The normalized spacial score (nSPS) is 11.4. The van der Waals surface area contributed by atoms with Crippen molar-refractivity contribution in [3.8, 4) is 0 Å². The zero-order chi connectivity index (χ0) is 14.8. The molecule has 1 heterocycles. The maximum absolute atomic E-state index is 12.5. The largest absolute Gasteiger partial charge is 0.416 e. The van der Waals surface area contributed by atoms with E-state index in [0.717, 1.165) is 17.7 Å². The number of hydrogen-bond acceptors (Lipinski definition) is 2. The van der Waals surface area contributed by atoms with Crippen molar-refractivity contribution in [2.45, 2.75) is 19.5 Å². The van der Waals surface area contributed by atoms with Crippen molar-refractivity contribution in [3.63, 3.8) is 0 Å². The van der Waals surface area contributed by atoms with Crippen LogP contribution < -0.4 is 0 Å². The first-order valence-corrected chi connectivity index (χ1v) is 6.09. The number of aryl methyl sites for hydroxylation is 1. The summed E-state index contributed by atoms with van der Waals surface area (Å²) in [5, 5.41) is 0. The van der Waals surface area contributed by atoms with Crippen molar-refractivity contribution >= 4 is 5.78 Å². The number of pyridine rings is 1. The van der Waals surface area contributed by atoms with Gasteiger partial charge < -0.3 is 0 Å². The molecule has 1 aromatic carbocycles. The lowest BCUT2D eigenvalue weighted by molar-refractivity contribution is -0.137. The van der Waals surface area contributed by atoms with E-state index < -0.39 is 11.7 Å². The highest BCUT2D eigenvalue weighted by molar-refractivity contribution is 6.08. The summed E-state index contributed by atoms with van der Waals surface area (Å²) in [5.41, 5.74) is 0.490. The van der Waals surface area contributed by atoms with Gasteiger partial charge in [-0.25, -0.2) is 0 Å². The van der Waals surface area contributed by atoms with E-state index in [1.54, 1.807) is 12.1 Å². The Morgan fingerprint density at radius 2 is 1.80 bits per heavy atom. The minimum Gasteiger partial charge on any atom is -0.287 e. The van der Waals surface area contributed by atoms with Gasteiger partial charge in [-0.3, -0.25) is 9.78 Å². The van der Waals surface area contributed by atoms with Crippen molar-refractivity contribution in [3.05, 3.63) is 65.0 Å². The zero-order valence-corrected chi connectivity index (χ0v) is 10.7. The molecule has 0 N–H and O–H groups in total. The van der Waals surface area contributed by atoms with Crippen molar-refractivity contribution in [2.24, 2.45) is 0 Å². The van der Waals surface area contributed by atoms with Crippen LogP contribution in [-0.4, -0.2) is 10.8 Å². The second kappa shape index (κ2) is 5.45. The minimum atomic E-state index is -4.40. The molecule has 5 heteroatoms. The van der Waals surface area contributed by atoms with Crippen LogP contribution >= 0.6 is 0 Å². The fourth-order valence-corrected chi connectivity index (χ4v) is 1.88. The second-order valence-electron chi connectivity index (χ2n) is 4.27. The number of rotatable bonds is 3. The first kappa shape index (κ1) is 14.2. The zero-order valence-electron chi connectivity index (χ0n) is 10.7. The van der Waals surface area contributed by atoms with E-state index in [2.05, 4.69) is 4.98 Å². The number of nitrogens with zero attached hydrogens (tertiary/aromatic N) is 1. The number of carbonyl (C=O) groups is 1. The summed E-state index contributed by atoms with van der Waals surface area (Å²) in [5.74, 6) is -0.365. The highest BCUT2D eigenvalue weighted by atomic mass is 19.4. The Labute approximate surface area is 114 Å². The van der Waals surface area contributed by atoms with Gasteiger partial charge in [-0.05, 0) is 30.2 Å². The highest BCUT2D eigenvalue weighted by Gasteiger charge is 2.30. The van der Waals surface area contributed by atoms with Crippen LogP contribution in [0.5, 0.6) is 0 Å². The first-order chi connectivity index (χ1) is 9.43. The predicted octanol–water partition coefficient (Wildman–Crippen LogP) is 3.89. The summed E-state index contributed by atoms with van der Waals surface area (Å²) < 4.78 is 37.4. The number of benzene rings is 1. The van der Waals surface area contributed by atoms with E-state index in [9.17, 15) is 18.0 Å². The third-order valence-electron chi connectivity index (χ3n) is 2.96. The Kier molecular flexibility index (Phi) is 3.88. The van der Waals surface area contributed by atoms with Crippen LogP contribution in [0.3, 0.4) is 0 Å². The van der Waals surface area contributed by atoms with Gasteiger partial charge in [-0.2, -0.15) is 13.2 Å². The fourth-order valence-electron chi connectivity index (χ4n) is 1.88. The highest BCUT2D eigenvalue weighted by Crippen LogP contribution is 2.29. The molecular weight excluding hydrogens is 267 g/mol. The molecule has 0 aliphatic rings. The molecule has 20 heavy (non-hydrogen) atoms. The molecule has 0 unspecified atom stereocenters. The Morgan fingerprint density at radius 3 is 2.35 bits per heavy atom. The van der Waals surface area contributed by atoms with Crippen LogP contribution in [0.25, 0.3) is 0 Å². The lowest BCUT2D eigenvalue weighted by Crippen LogP contribution is -2.09. The van der Waals surface area contributed by atoms with Gasteiger partial charge in [0.2, 0.25) is 5.78 Å². The third-order valence-corrected chi connectivity index (χ3v) is 2.96. The third kappa shape index (κ3) is 2.87. The lowest BCUT2D eigenvalue weighted by atomic mass is 10.0. The number of ketones is 1. The van der Waals surface area contributed by atoms with Crippen LogP contribution in [0.15, 0.2) is 42.6 Å². The molecule has 0 fully saturated rings. The maximum Gasteiger partial charge on any atom is 0.416 e. The molecule has 0 spiro atoms. The van der Waals surface area contributed by atoms with Crippen molar-refractivity contribution < 1.29 is 18.0 Å². The van der Waals surface area contributed by atoms with Gasteiger partial charge in [0, 0.05) is 11.8 Å². The standard InChI is InChI=1S/C15H12F3NO/c1-2-10-4-3-9-19-13(10)14(20)11-5-7-12(8-6-11)15(16,17)18/h3-9H,2H2,1H3. The van der Waals surface area contributed by atoms with E-state index >= 15 is 0 Å². The summed E-state index contributed by atoms with van der Waals surface area (Å²) in [7, 11) is 0. The molecule has 0 radical (unpaired) electrons. The predicted molar refractivity (Wildman–Crippen MR) is 68.5 cm³/mol. The molecule has 0 bridgehead atoms. The van der Waals surface area contributed by atoms with Crippen molar-refractivity contribution in [2.75, 3.05) is 0 Å². The molecule has 0 aliphatic heterocycles. The van der Waals surface area contributed by atoms with Crippen LogP contribution in [0.4, 0.5) is 13.2 Å². The summed E-state index contributed by atoms with van der Waals surface area (Å²) in [6, 6.07) is 7.68. The summed E-state index contributed by atoms with van der Waals surface area (Å²) in [6.45, 7) is 1.89. The molecule has 2 rings (SSSR count). The van der Waals surface area contributed by atoms with E-state index in [0.29, 0.717) is 6.42 Å². The van der Waals surface area contributed by atoms with Crippen LogP contribution in [0, 0.1) is 0 Å². The van der Waals surface area contributed by atoms with Crippen molar-refractivity contribution in [1.82, 2.24) is 4.98 Å². The summed E-state index contributed by atoms with van der Waals surface area (Å²) in [4.78, 5) is 16.3. The molecule has 0 saturated heterocycles.